The van der Waals surface area contributed by atoms with Crippen LogP contribution in [0.3, 0.4) is 0 Å². The van der Waals surface area contributed by atoms with E-state index in [0.29, 0.717) is 63.8 Å². The number of hydrogen-bond acceptors (Lipinski definition) is 8. The number of likely N-dealkylation sites (tertiary alicyclic amines) is 1. The summed E-state index contributed by atoms with van der Waals surface area (Å²) in [5, 5.41) is 10.5. The fourth-order valence-electron chi connectivity index (χ4n) is 6.60. The fraction of sp³-hybridized carbons (Fsp3) is 0.611. The van der Waals surface area contributed by atoms with E-state index in [0.717, 1.165) is 51.4 Å². The molecule has 1 aromatic carbocycles. The molecular weight excluding hydrogens is 642 g/mol. The van der Waals surface area contributed by atoms with Gasteiger partial charge in [0.1, 0.15) is 12.1 Å². The van der Waals surface area contributed by atoms with E-state index in [-0.39, 0.29) is 48.0 Å². The highest BCUT2D eigenvalue weighted by atomic mass is 16.6. The molecule has 2 saturated heterocycles. The molecule has 2 unspecified atom stereocenters. The molecule has 1 aromatic heterocycles. The highest BCUT2D eigenvalue weighted by Crippen LogP contribution is 2.34. The third-order valence-electron chi connectivity index (χ3n) is 10.0. The van der Waals surface area contributed by atoms with Crippen molar-refractivity contribution in [2.24, 2.45) is 5.92 Å². The van der Waals surface area contributed by atoms with E-state index in [1.165, 1.54) is 10.7 Å². The third-order valence-corrected chi connectivity index (χ3v) is 10.0. The van der Waals surface area contributed by atoms with Crippen molar-refractivity contribution in [1.82, 2.24) is 35.1 Å². The second-order valence-electron chi connectivity index (χ2n) is 13.8. The fourth-order valence-corrected chi connectivity index (χ4v) is 6.60. The topological polar surface area (TPSA) is 155 Å². The van der Waals surface area contributed by atoms with Gasteiger partial charge in [0.2, 0.25) is 17.7 Å². The Morgan fingerprint density at radius 3 is 2.34 bits per heavy atom. The van der Waals surface area contributed by atoms with Crippen LogP contribution >= 0.6 is 0 Å². The third kappa shape index (κ3) is 8.75. The lowest BCUT2D eigenvalue weighted by molar-refractivity contribution is -0.140. The second-order valence-corrected chi connectivity index (χ2v) is 13.8. The van der Waals surface area contributed by atoms with Crippen LogP contribution in [0.25, 0.3) is 5.69 Å². The maximum atomic E-state index is 13.7. The van der Waals surface area contributed by atoms with Crippen molar-refractivity contribution in [2.75, 3.05) is 45.9 Å². The number of piperazine rings is 1. The molecule has 0 radical (unpaired) electrons. The van der Waals surface area contributed by atoms with Gasteiger partial charge in [-0.3, -0.25) is 19.2 Å². The average Bonchev–Trinajstić information content (AvgIpc) is 3.61. The van der Waals surface area contributed by atoms with E-state index in [9.17, 15) is 24.0 Å². The molecule has 0 bridgehead atoms. The van der Waals surface area contributed by atoms with Crippen LogP contribution in [-0.2, 0) is 19.1 Å². The first kappa shape index (κ1) is 35.2. The van der Waals surface area contributed by atoms with Gasteiger partial charge in [-0.15, -0.1) is 0 Å². The number of carbonyl (C=O) groups excluding carboxylic acids is 5. The summed E-state index contributed by atoms with van der Waals surface area (Å²) in [7, 11) is 0. The highest BCUT2D eigenvalue weighted by molar-refractivity contribution is 5.96. The molecule has 14 nitrogen and oxygen atoms in total. The zero-order valence-electron chi connectivity index (χ0n) is 28.9. The van der Waals surface area contributed by atoms with Crippen LogP contribution in [0.1, 0.15) is 81.6 Å². The molecule has 2 saturated carbocycles. The smallest absolute Gasteiger partial charge is 0.409 e. The molecule has 2 aliphatic carbocycles. The number of ether oxygens (including phenoxy) is 2. The van der Waals surface area contributed by atoms with Gasteiger partial charge in [-0.1, -0.05) is 44.4 Å². The van der Waals surface area contributed by atoms with Crippen molar-refractivity contribution in [2.45, 2.75) is 89.3 Å². The summed E-state index contributed by atoms with van der Waals surface area (Å²) in [5.41, 5.74) is 0.674. The summed E-state index contributed by atoms with van der Waals surface area (Å²) in [4.78, 5) is 70.9. The van der Waals surface area contributed by atoms with Gasteiger partial charge in [0, 0.05) is 44.8 Å². The van der Waals surface area contributed by atoms with Gasteiger partial charge in [-0.25, -0.2) is 9.48 Å². The number of rotatable bonds is 14. The van der Waals surface area contributed by atoms with E-state index < -0.39 is 18.0 Å². The van der Waals surface area contributed by atoms with E-state index in [1.54, 1.807) is 14.7 Å². The molecule has 5 amide bonds. The summed E-state index contributed by atoms with van der Waals surface area (Å²) < 4.78 is 12.8. The van der Waals surface area contributed by atoms with Gasteiger partial charge in [0.25, 0.3) is 11.8 Å². The second kappa shape index (κ2) is 16.4. The van der Waals surface area contributed by atoms with Crippen LogP contribution in [0.5, 0.6) is 5.88 Å². The minimum atomic E-state index is -0.746. The Labute approximate surface area is 292 Å². The van der Waals surface area contributed by atoms with Crippen molar-refractivity contribution in [3.63, 3.8) is 0 Å². The van der Waals surface area contributed by atoms with Crippen LogP contribution in [0.2, 0.25) is 0 Å². The van der Waals surface area contributed by atoms with E-state index in [2.05, 4.69) is 15.7 Å². The van der Waals surface area contributed by atoms with Crippen molar-refractivity contribution < 1.29 is 33.4 Å². The number of hydrogen-bond donors (Lipinski definition) is 2. The Balaban J connectivity index is 1.10. The first-order valence-corrected chi connectivity index (χ1v) is 18.2. The minimum Gasteiger partial charge on any atom is -0.467 e. The molecule has 6 rings (SSSR count). The molecule has 2 aromatic rings. The van der Waals surface area contributed by atoms with Crippen LogP contribution < -0.4 is 15.4 Å². The Bertz CT molecular complexity index is 1520. The van der Waals surface area contributed by atoms with Crippen LogP contribution in [0.15, 0.2) is 36.4 Å². The van der Waals surface area contributed by atoms with Crippen molar-refractivity contribution in [1.29, 1.82) is 0 Å². The van der Waals surface area contributed by atoms with E-state index >= 15 is 0 Å². The summed E-state index contributed by atoms with van der Waals surface area (Å²) in [6, 6.07) is 9.54. The lowest BCUT2D eigenvalue weighted by atomic mass is 9.93. The van der Waals surface area contributed by atoms with Crippen LogP contribution in [-0.4, -0.2) is 118 Å². The van der Waals surface area contributed by atoms with E-state index in [4.69, 9.17) is 9.47 Å². The Morgan fingerprint density at radius 1 is 0.920 bits per heavy atom. The molecule has 4 fully saturated rings. The van der Waals surface area contributed by atoms with Gasteiger partial charge < -0.3 is 34.8 Å². The normalized spacial score (nSPS) is 19.8. The predicted octanol–water partition coefficient (Wildman–Crippen LogP) is 2.89. The highest BCUT2D eigenvalue weighted by Gasteiger charge is 2.37. The number of para-hydroxylation sites is 1. The number of nitrogens with one attached hydrogen (secondary N) is 2. The quantitative estimate of drug-likeness (QED) is 0.287. The number of unbranched alkanes of at least 4 members (excludes halogenated alkanes) is 1. The lowest BCUT2D eigenvalue weighted by Gasteiger charge is -2.36. The molecule has 4 aliphatic rings. The molecule has 0 spiro atoms. The summed E-state index contributed by atoms with van der Waals surface area (Å²) in [5.74, 6) is -0.591. The number of benzene rings is 1. The number of carbonyl (C=O) groups is 5. The zero-order valence-corrected chi connectivity index (χ0v) is 28.9. The molecule has 14 heteroatoms. The predicted molar refractivity (Wildman–Crippen MR) is 183 cm³/mol. The molecule has 2 aliphatic heterocycles. The van der Waals surface area contributed by atoms with E-state index in [1.807, 2.05) is 37.3 Å². The van der Waals surface area contributed by atoms with Crippen molar-refractivity contribution in [3.8, 4) is 11.6 Å². The average molecular weight is 692 g/mol. The van der Waals surface area contributed by atoms with Crippen molar-refractivity contribution >= 4 is 29.7 Å². The molecular formula is C36H49N7O7. The number of amides is 5. The number of aromatic nitrogens is 2. The molecule has 50 heavy (non-hydrogen) atoms. The monoisotopic (exact) mass is 691 g/mol. The summed E-state index contributed by atoms with van der Waals surface area (Å²) >= 11 is 0. The summed E-state index contributed by atoms with van der Waals surface area (Å²) in [6.45, 7) is 4.00. The maximum Gasteiger partial charge on any atom is 0.409 e. The van der Waals surface area contributed by atoms with Gasteiger partial charge in [-0.05, 0) is 63.0 Å². The largest absolute Gasteiger partial charge is 0.467 e. The molecule has 270 valence electrons. The maximum absolute atomic E-state index is 13.7. The number of nitrogens with zero attached hydrogens (tertiary/aromatic N) is 5. The minimum absolute atomic E-state index is 0.0449. The first-order chi connectivity index (χ1) is 24.3. The van der Waals surface area contributed by atoms with Crippen molar-refractivity contribution in [3.05, 3.63) is 42.1 Å². The SMILES string of the molecule is CCCCOC(=O)N1CCN(C(=O)C(CC2CC2)NC(=O)c2cc(OCC(=O)N3CCCC3C(=O)NC3CCC3)n(-c3ccccc3)n2)CC1. The summed E-state index contributed by atoms with van der Waals surface area (Å²) in [6.07, 6.45) is 8.31. The standard InChI is InChI=1S/C36H49N7O7/c1-2-3-21-49-36(48)41-19-17-40(18-20-41)35(47)29(22-25-14-15-25)38-33(45)28-23-32(43(39-28)27-11-5-4-6-12-27)50-24-31(44)42-16-8-13-30(42)34(46)37-26-9-7-10-26/h4-6,11-12,23,25-26,29-30H,2-3,7-10,13-22,24H2,1H3,(H,37,46)(H,38,45). The molecule has 2 N–H and O–H groups in total. The van der Waals surface area contributed by atoms with Gasteiger partial charge in [-0.2, -0.15) is 5.10 Å². The lowest BCUT2D eigenvalue weighted by Crippen LogP contribution is -2.56. The van der Waals surface area contributed by atoms with Crippen LogP contribution in [0.4, 0.5) is 4.79 Å². The molecule has 2 atom stereocenters. The zero-order chi connectivity index (χ0) is 35.0. The van der Waals surface area contributed by atoms with Gasteiger partial charge >= 0.3 is 6.09 Å². The van der Waals surface area contributed by atoms with Gasteiger partial charge in [0.15, 0.2) is 12.3 Å². The first-order valence-electron chi connectivity index (χ1n) is 18.2. The Hall–Kier alpha value is -4.62. The molecule has 3 heterocycles. The Morgan fingerprint density at radius 2 is 1.66 bits per heavy atom. The Kier molecular flexibility index (Phi) is 11.5. The van der Waals surface area contributed by atoms with Crippen LogP contribution in [0, 0.1) is 5.92 Å². The van der Waals surface area contributed by atoms with Gasteiger partial charge in [0.05, 0.1) is 12.3 Å².